The van der Waals surface area contributed by atoms with Crippen molar-refractivity contribution in [2.45, 2.75) is 0 Å². The molecule has 0 aromatic carbocycles. The molecule has 0 aromatic heterocycles. The average molecular weight is 214 g/mol. The lowest BCUT2D eigenvalue weighted by molar-refractivity contribution is -0.122. The van der Waals surface area contributed by atoms with Crippen LogP contribution in [-0.4, -0.2) is 91.0 Å². The van der Waals surface area contributed by atoms with E-state index in [1.165, 1.54) is 31.2 Å². The average Bonchev–Trinajstić information content (AvgIpc) is 2.25. The standard InChI is InChI=1S/C10H22N4O/c1-11-2-4-12(5-3-11)10-13-6-8-14(15)9-7-13/h15H,2-10H2,1H3. The maximum Gasteiger partial charge on any atom is 0.0508 e. The molecule has 2 rings (SSSR count). The summed E-state index contributed by atoms with van der Waals surface area (Å²) in [5.41, 5.74) is 0. The van der Waals surface area contributed by atoms with Crippen molar-refractivity contribution in [1.82, 2.24) is 19.8 Å². The Kier molecular flexibility index (Phi) is 3.93. The van der Waals surface area contributed by atoms with Gasteiger partial charge in [-0.1, -0.05) is 0 Å². The normalized spacial score (nSPS) is 28.4. The van der Waals surface area contributed by atoms with Gasteiger partial charge in [-0.3, -0.25) is 9.80 Å². The van der Waals surface area contributed by atoms with Crippen LogP contribution < -0.4 is 0 Å². The van der Waals surface area contributed by atoms with Gasteiger partial charge in [-0.05, 0) is 7.05 Å². The molecular weight excluding hydrogens is 192 g/mol. The lowest BCUT2D eigenvalue weighted by Crippen LogP contribution is -2.53. The van der Waals surface area contributed by atoms with Gasteiger partial charge in [0.25, 0.3) is 0 Å². The summed E-state index contributed by atoms with van der Waals surface area (Å²) in [6.45, 7) is 9.33. The lowest BCUT2D eigenvalue weighted by atomic mass is 10.3. The van der Waals surface area contributed by atoms with Crippen LogP contribution in [0, 0.1) is 0 Å². The second-order valence-corrected chi connectivity index (χ2v) is 4.63. The number of rotatable bonds is 2. The maximum atomic E-state index is 9.25. The quantitative estimate of drug-likeness (QED) is 0.651. The minimum atomic E-state index is 0.785. The third-order valence-electron chi connectivity index (χ3n) is 3.34. The third kappa shape index (κ3) is 3.39. The largest absolute Gasteiger partial charge is 0.314 e. The van der Waals surface area contributed by atoms with Gasteiger partial charge in [0.15, 0.2) is 0 Å². The van der Waals surface area contributed by atoms with Gasteiger partial charge in [0.2, 0.25) is 0 Å². The molecule has 2 aliphatic heterocycles. The molecule has 2 heterocycles. The van der Waals surface area contributed by atoms with Crippen molar-refractivity contribution < 1.29 is 5.21 Å². The van der Waals surface area contributed by atoms with Crippen LogP contribution in [0.3, 0.4) is 0 Å². The zero-order valence-corrected chi connectivity index (χ0v) is 9.60. The molecule has 0 bridgehead atoms. The highest BCUT2D eigenvalue weighted by atomic mass is 16.5. The number of nitrogens with zero attached hydrogens (tertiary/aromatic N) is 4. The number of hydrogen-bond acceptors (Lipinski definition) is 5. The van der Waals surface area contributed by atoms with Gasteiger partial charge in [-0.25, -0.2) is 0 Å². The van der Waals surface area contributed by atoms with Gasteiger partial charge >= 0.3 is 0 Å². The Hall–Kier alpha value is -0.200. The van der Waals surface area contributed by atoms with Crippen LogP contribution in [0.15, 0.2) is 0 Å². The molecular formula is C10H22N4O. The van der Waals surface area contributed by atoms with Crippen molar-refractivity contribution in [3.05, 3.63) is 0 Å². The van der Waals surface area contributed by atoms with Crippen molar-refractivity contribution in [2.75, 3.05) is 66.1 Å². The highest BCUT2D eigenvalue weighted by Gasteiger charge is 2.19. The monoisotopic (exact) mass is 214 g/mol. The van der Waals surface area contributed by atoms with Crippen molar-refractivity contribution in [2.24, 2.45) is 0 Å². The Morgan fingerprint density at radius 1 is 0.800 bits per heavy atom. The van der Waals surface area contributed by atoms with Crippen LogP contribution in [0.25, 0.3) is 0 Å². The van der Waals surface area contributed by atoms with E-state index in [1.807, 2.05) is 0 Å². The first-order valence-corrected chi connectivity index (χ1v) is 5.81. The Labute approximate surface area is 91.8 Å². The van der Waals surface area contributed by atoms with Crippen LogP contribution >= 0.6 is 0 Å². The molecule has 0 aliphatic carbocycles. The lowest BCUT2D eigenvalue weighted by Gasteiger charge is -2.38. The molecule has 88 valence electrons. The Morgan fingerprint density at radius 3 is 1.80 bits per heavy atom. The molecule has 2 aliphatic rings. The van der Waals surface area contributed by atoms with Crippen LogP contribution in [0.5, 0.6) is 0 Å². The van der Waals surface area contributed by atoms with E-state index in [0.29, 0.717) is 0 Å². The van der Waals surface area contributed by atoms with Crippen molar-refractivity contribution in [3.8, 4) is 0 Å². The second-order valence-electron chi connectivity index (χ2n) is 4.63. The van der Waals surface area contributed by atoms with Crippen molar-refractivity contribution in [1.29, 1.82) is 0 Å². The fraction of sp³-hybridized carbons (Fsp3) is 1.00. The van der Waals surface area contributed by atoms with Crippen LogP contribution in [0.2, 0.25) is 0 Å². The summed E-state index contributed by atoms with van der Waals surface area (Å²) in [5, 5.41) is 10.7. The number of likely N-dealkylation sites (N-methyl/N-ethyl adjacent to an activating group) is 1. The molecule has 0 amide bonds. The Morgan fingerprint density at radius 2 is 1.27 bits per heavy atom. The summed E-state index contributed by atoms with van der Waals surface area (Å²) in [6.07, 6.45) is 0. The fourth-order valence-electron chi connectivity index (χ4n) is 2.15. The summed E-state index contributed by atoms with van der Waals surface area (Å²) < 4.78 is 0. The SMILES string of the molecule is CN1CCN(CN2CCN(O)CC2)CC1. The predicted octanol–water partition coefficient (Wildman–Crippen LogP) is -0.802. The van der Waals surface area contributed by atoms with Crippen molar-refractivity contribution in [3.63, 3.8) is 0 Å². The molecule has 15 heavy (non-hydrogen) atoms. The zero-order valence-electron chi connectivity index (χ0n) is 9.60. The third-order valence-corrected chi connectivity index (χ3v) is 3.34. The first-order chi connectivity index (χ1) is 7.24. The first-order valence-electron chi connectivity index (χ1n) is 5.81. The Bertz CT molecular complexity index is 166. The van der Waals surface area contributed by atoms with E-state index in [1.54, 1.807) is 0 Å². The fourth-order valence-corrected chi connectivity index (χ4v) is 2.15. The van der Waals surface area contributed by atoms with Crippen LogP contribution in [0.1, 0.15) is 0 Å². The number of hydrogen-bond donors (Lipinski definition) is 1. The van der Waals surface area contributed by atoms with E-state index in [9.17, 15) is 5.21 Å². The van der Waals surface area contributed by atoms with E-state index in [-0.39, 0.29) is 0 Å². The van der Waals surface area contributed by atoms with E-state index < -0.39 is 0 Å². The highest BCUT2D eigenvalue weighted by Crippen LogP contribution is 2.04. The van der Waals surface area contributed by atoms with E-state index in [2.05, 4.69) is 21.7 Å². The van der Waals surface area contributed by atoms with Gasteiger partial charge < -0.3 is 10.1 Å². The molecule has 5 heteroatoms. The molecule has 0 aromatic rings. The van der Waals surface area contributed by atoms with Gasteiger partial charge in [0.1, 0.15) is 0 Å². The summed E-state index contributed by atoms with van der Waals surface area (Å²) in [7, 11) is 2.18. The van der Waals surface area contributed by atoms with Crippen LogP contribution in [0.4, 0.5) is 0 Å². The van der Waals surface area contributed by atoms with E-state index in [4.69, 9.17) is 0 Å². The minimum Gasteiger partial charge on any atom is -0.314 e. The molecule has 0 radical (unpaired) electrons. The smallest absolute Gasteiger partial charge is 0.0508 e. The molecule has 0 unspecified atom stereocenters. The predicted molar refractivity (Wildman–Crippen MR) is 58.9 cm³/mol. The number of hydroxylamine groups is 2. The zero-order chi connectivity index (χ0) is 10.7. The van der Waals surface area contributed by atoms with E-state index in [0.717, 1.165) is 32.8 Å². The van der Waals surface area contributed by atoms with Gasteiger partial charge in [0.05, 0.1) is 6.67 Å². The summed E-state index contributed by atoms with van der Waals surface area (Å²) in [6, 6.07) is 0. The van der Waals surface area contributed by atoms with Crippen LogP contribution in [-0.2, 0) is 0 Å². The van der Waals surface area contributed by atoms with Crippen molar-refractivity contribution >= 4 is 0 Å². The molecule has 0 saturated carbocycles. The van der Waals surface area contributed by atoms with E-state index >= 15 is 0 Å². The van der Waals surface area contributed by atoms with Gasteiger partial charge in [0, 0.05) is 52.4 Å². The molecule has 5 nitrogen and oxygen atoms in total. The van der Waals surface area contributed by atoms with Gasteiger partial charge in [-0.2, -0.15) is 5.06 Å². The molecule has 0 atom stereocenters. The first kappa shape index (κ1) is 11.3. The Balaban J connectivity index is 1.68. The molecule has 2 fully saturated rings. The molecule has 1 N–H and O–H groups in total. The number of piperazine rings is 2. The second kappa shape index (κ2) is 5.23. The topological polar surface area (TPSA) is 33.2 Å². The van der Waals surface area contributed by atoms with Gasteiger partial charge in [-0.15, -0.1) is 0 Å². The minimum absolute atomic E-state index is 0.785. The summed E-state index contributed by atoms with van der Waals surface area (Å²) >= 11 is 0. The highest BCUT2D eigenvalue weighted by molar-refractivity contribution is 4.72. The molecule has 2 saturated heterocycles. The summed E-state index contributed by atoms with van der Waals surface area (Å²) in [4.78, 5) is 7.31. The summed E-state index contributed by atoms with van der Waals surface area (Å²) in [5.74, 6) is 0. The maximum absolute atomic E-state index is 9.25. The molecule has 0 spiro atoms.